The summed E-state index contributed by atoms with van der Waals surface area (Å²) in [6, 6.07) is 3.75. The lowest BCUT2D eigenvalue weighted by atomic mass is 9.98. The molecule has 1 saturated carbocycles. The average Bonchev–Trinajstić information content (AvgIpc) is 3.09. The zero-order valence-electron chi connectivity index (χ0n) is 14.0. The maximum absolute atomic E-state index is 12.7. The summed E-state index contributed by atoms with van der Waals surface area (Å²) in [6.45, 7) is 6.09. The first kappa shape index (κ1) is 14.9. The molecule has 3 aromatic rings. The van der Waals surface area contributed by atoms with E-state index in [9.17, 15) is 4.79 Å². The van der Waals surface area contributed by atoms with Crippen LogP contribution in [-0.2, 0) is 0 Å². The van der Waals surface area contributed by atoms with E-state index in [0.29, 0.717) is 23.1 Å². The van der Waals surface area contributed by atoms with Gasteiger partial charge in [-0.3, -0.25) is 9.20 Å². The lowest BCUT2D eigenvalue weighted by molar-refractivity contribution is 0.0900. The summed E-state index contributed by atoms with van der Waals surface area (Å²) in [7, 11) is 0. The number of aromatic nitrogens is 5. The van der Waals surface area contributed by atoms with Gasteiger partial charge in [-0.05, 0) is 45.6 Å². The van der Waals surface area contributed by atoms with Crippen molar-refractivity contribution in [2.75, 3.05) is 0 Å². The van der Waals surface area contributed by atoms with Crippen LogP contribution in [-0.4, -0.2) is 35.6 Å². The van der Waals surface area contributed by atoms with E-state index >= 15 is 0 Å². The first-order valence-electron chi connectivity index (χ1n) is 8.13. The van der Waals surface area contributed by atoms with Crippen molar-refractivity contribution in [3.8, 4) is 5.82 Å². The molecule has 4 rings (SSSR count). The number of fused-ring (bicyclic) bond motifs is 1. The van der Waals surface area contributed by atoms with E-state index in [1.165, 1.54) is 0 Å². The average molecular weight is 324 g/mol. The monoisotopic (exact) mass is 324 g/mol. The van der Waals surface area contributed by atoms with Gasteiger partial charge in [-0.1, -0.05) is 0 Å². The third-order valence-corrected chi connectivity index (χ3v) is 4.67. The number of nitrogens with one attached hydrogen (secondary N) is 1. The lowest BCUT2D eigenvalue weighted by Crippen LogP contribution is -2.45. The van der Waals surface area contributed by atoms with E-state index in [2.05, 4.69) is 34.2 Å². The van der Waals surface area contributed by atoms with Crippen molar-refractivity contribution in [2.24, 2.45) is 5.92 Å². The summed E-state index contributed by atoms with van der Waals surface area (Å²) in [5, 5.41) is 7.32. The predicted octanol–water partition coefficient (Wildman–Crippen LogP) is 2.14. The summed E-state index contributed by atoms with van der Waals surface area (Å²) >= 11 is 0. The van der Waals surface area contributed by atoms with E-state index in [0.717, 1.165) is 18.5 Å². The molecule has 0 spiro atoms. The van der Waals surface area contributed by atoms with Gasteiger partial charge in [0.1, 0.15) is 6.33 Å². The minimum absolute atomic E-state index is 0.182. The van der Waals surface area contributed by atoms with Gasteiger partial charge in [0.15, 0.2) is 17.2 Å². The van der Waals surface area contributed by atoms with Gasteiger partial charge in [-0.15, -0.1) is 0 Å². The van der Waals surface area contributed by atoms with Gasteiger partial charge in [0, 0.05) is 29.7 Å². The van der Waals surface area contributed by atoms with E-state index in [1.807, 2.05) is 29.7 Å². The maximum Gasteiger partial charge on any atom is 0.274 e. The molecule has 7 heteroatoms. The first-order chi connectivity index (χ1) is 11.5. The molecule has 1 amide bonds. The highest BCUT2D eigenvalue weighted by molar-refractivity contribution is 5.98. The number of carbonyl (C=O) groups is 1. The van der Waals surface area contributed by atoms with Crippen molar-refractivity contribution >= 4 is 11.6 Å². The fraction of sp³-hybridized carbons (Fsp3) is 0.412. The second-order valence-corrected chi connectivity index (χ2v) is 6.94. The quantitative estimate of drug-likeness (QED) is 0.797. The zero-order chi connectivity index (χ0) is 16.9. The summed E-state index contributed by atoms with van der Waals surface area (Å²) in [4.78, 5) is 21.6. The lowest BCUT2D eigenvalue weighted by Gasteiger charge is -2.25. The summed E-state index contributed by atoms with van der Waals surface area (Å²) < 4.78 is 3.50. The highest BCUT2D eigenvalue weighted by Crippen LogP contribution is 2.39. The van der Waals surface area contributed by atoms with Crippen LogP contribution in [0.4, 0.5) is 0 Å². The van der Waals surface area contributed by atoms with Crippen molar-refractivity contribution in [1.82, 2.24) is 29.5 Å². The molecular weight excluding hydrogens is 304 g/mol. The minimum Gasteiger partial charge on any atom is -0.345 e. The Morgan fingerprint density at radius 2 is 2.17 bits per heavy atom. The second kappa shape index (κ2) is 5.15. The topological polar surface area (TPSA) is 77.1 Å². The molecule has 1 N–H and O–H groups in total. The molecule has 7 nitrogen and oxygen atoms in total. The van der Waals surface area contributed by atoms with E-state index in [4.69, 9.17) is 0 Å². The predicted molar refractivity (Wildman–Crippen MR) is 89.1 cm³/mol. The van der Waals surface area contributed by atoms with Crippen LogP contribution in [0.25, 0.3) is 11.5 Å². The number of imidazole rings is 1. The Morgan fingerprint density at radius 1 is 1.38 bits per heavy atom. The van der Waals surface area contributed by atoms with Crippen molar-refractivity contribution in [1.29, 1.82) is 0 Å². The van der Waals surface area contributed by atoms with Gasteiger partial charge >= 0.3 is 0 Å². The molecule has 3 heterocycles. The van der Waals surface area contributed by atoms with Gasteiger partial charge in [-0.2, -0.15) is 5.10 Å². The van der Waals surface area contributed by atoms with E-state index < -0.39 is 0 Å². The van der Waals surface area contributed by atoms with Crippen LogP contribution in [0.2, 0.25) is 0 Å². The Kier molecular flexibility index (Phi) is 3.19. The number of carbonyl (C=O) groups excluding carboxylic acids is 1. The van der Waals surface area contributed by atoms with Crippen LogP contribution < -0.4 is 5.32 Å². The number of aryl methyl sites for hydroxylation is 1. The Bertz CT molecular complexity index is 905. The Hall–Kier alpha value is -2.70. The smallest absolute Gasteiger partial charge is 0.274 e. The SMILES string of the molecule is Cc1cc(-n2cccn2)nc2c(C(=O)NC(C)(C)C3CC3)ncn12. The largest absolute Gasteiger partial charge is 0.345 e. The Morgan fingerprint density at radius 3 is 2.83 bits per heavy atom. The van der Waals surface area contributed by atoms with Crippen LogP contribution >= 0.6 is 0 Å². The van der Waals surface area contributed by atoms with Crippen LogP contribution in [0.1, 0.15) is 42.9 Å². The minimum atomic E-state index is -0.221. The summed E-state index contributed by atoms with van der Waals surface area (Å²) in [5.41, 5.74) is 1.62. The van der Waals surface area contributed by atoms with Crippen LogP contribution in [0, 0.1) is 12.8 Å². The second-order valence-electron chi connectivity index (χ2n) is 6.94. The molecule has 3 aromatic heterocycles. The Balaban J connectivity index is 1.74. The molecule has 124 valence electrons. The molecule has 1 fully saturated rings. The molecule has 0 aliphatic heterocycles. The first-order valence-corrected chi connectivity index (χ1v) is 8.13. The Labute approximate surface area is 139 Å². The van der Waals surface area contributed by atoms with Crippen LogP contribution in [0.15, 0.2) is 30.9 Å². The van der Waals surface area contributed by atoms with E-state index in [1.54, 1.807) is 17.2 Å². The highest BCUT2D eigenvalue weighted by Gasteiger charge is 2.39. The van der Waals surface area contributed by atoms with Crippen molar-refractivity contribution in [2.45, 2.75) is 39.2 Å². The molecule has 1 aliphatic rings. The third-order valence-electron chi connectivity index (χ3n) is 4.67. The fourth-order valence-corrected chi connectivity index (χ4v) is 3.04. The van der Waals surface area contributed by atoms with Crippen LogP contribution in [0.5, 0.6) is 0 Å². The zero-order valence-corrected chi connectivity index (χ0v) is 14.0. The summed E-state index contributed by atoms with van der Waals surface area (Å²) in [6.07, 6.45) is 7.49. The van der Waals surface area contributed by atoms with Gasteiger partial charge < -0.3 is 5.32 Å². The van der Waals surface area contributed by atoms with Gasteiger partial charge in [-0.25, -0.2) is 14.6 Å². The standard InChI is InChI=1S/C17H20N6O/c1-11-9-13(23-8-4-7-19-23)20-15-14(18-10-22(11)15)16(24)21-17(2,3)12-5-6-12/h4,7-10,12H,5-6H2,1-3H3,(H,21,24). The normalized spacial score (nSPS) is 15.0. The third kappa shape index (κ3) is 2.46. The highest BCUT2D eigenvalue weighted by atomic mass is 16.2. The van der Waals surface area contributed by atoms with Crippen molar-refractivity contribution < 1.29 is 4.79 Å². The van der Waals surface area contributed by atoms with Gasteiger partial charge in [0.25, 0.3) is 5.91 Å². The molecule has 0 atom stereocenters. The molecule has 0 saturated heterocycles. The van der Waals surface area contributed by atoms with Gasteiger partial charge in [0.05, 0.1) is 0 Å². The number of hydrogen-bond donors (Lipinski definition) is 1. The number of hydrogen-bond acceptors (Lipinski definition) is 4. The maximum atomic E-state index is 12.7. The fourth-order valence-electron chi connectivity index (χ4n) is 3.04. The molecule has 0 radical (unpaired) electrons. The molecule has 0 bridgehead atoms. The summed E-state index contributed by atoms with van der Waals surface area (Å²) in [5.74, 6) is 1.03. The molecule has 0 unspecified atom stereocenters. The van der Waals surface area contributed by atoms with Crippen molar-refractivity contribution in [3.05, 3.63) is 42.2 Å². The molecule has 1 aliphatic carbocycles. The number of amides is 1. The molecule has 0 aromatic carbocycles. The number of rotatable bonds is 4. The molecule has 24 heavy (non-hydrogen) atoms. The van der Waals surface area contributed by atoms with Crippen molar-refractivity contribution in [3.63, 3.8) is 0 Å². The van der Waals surface area contributed by atoms with Gasteiger partial charge in [0.2, 0.25) is 0 Å². The molecular formula is C17H20N6O. The number of nitrogens with zero attached hydrogens (tertiary/aromatic N) is 5. The van der Waals surface area contributed by atoms with Crippen LogP contribution in [0.3, 0.4) is 0 Å². The van der Waals surface area contributed by atoms with E-state index in [-0.39, 0.29) is 11.4 Å².